The van der Waals surface area contributed by atoms with Crippen LogP contribution in [0.25, 0.3) is 33.4 Å². The van der Waals surface area contributed by atoms with Crippen molar-refractivity contribution in [2.75, 3.05) is 48.8 Å². The minimum absolute atomic E-state index is 0.0564. The highest BCUT2D eigenvalue weighted by atomic mass is 32.2. The first-order chi connectivity index (χ1) is 20.2. The highest BCUT2D eigenvalue weighted by Gasteiger charge is 2.24. The molecule has 0 radical (unpaired) electrons. The summed E-state index contributed by atoms with van der Waals surface area (Å²) in [6.45, 7) is 3.58. The molecule has 0 atom stereocenters. The molecule has 16 heteroatoms. The van der Waals surface area contributed by atoms with Crippen LogP contribution >= 0.6 is 0 Å². The molecule has 2 aromatic heterocycles. The van der Waals surface area contributed by atoms with E-state index in [4.69, 9.17) is 20.3 Å². The van der Waals surface area contributed by atoms with Gasteiger partial charge < -0.3 is 20.2 Å². The smallest absolute Gasteiger partial charge is 0.270 e. The molecule has 1 aliphatic rings. The molecular formula is C26H27F2N9O4S. The van der Waals surface area contributed by atoms with Crippen LogP contribution in [0.5, 0.6) is 5.75 Å². The number of nitrogens with two attached hydrogens (primary N) is 1. The monoisotopic (exact) mass is 599 g/mol. The lowest BCUT2D eigenvalue weighted by Gasteiger charge is -2.29. The van der Waals surface area contributed by atoms with Crippen LogP contribution < -0.4 is 20.2 Å². The Morgan fingerprint density at radius 3 is 2.52 bits per heavy atom. The number of halogens is 2. The number of aromatic nitrogens is 4. The molecule has 1 saturated heterocycles. The number of nitrogens with zero attached hydrogens (tertiary/aromatic N) is 7. The molecule has 1 fully saturated rings. The van der Waals surface area contributed by atoms with Crippen LogP contribution in [0.3, 0.4) is 0 Å². The molecule has 5 rings (SSSR count). The lowest BCUT2D eigenvalue weighted by atomic mass is 10.0. The van der Waals surface area contributed by atoms with Gasteiger partial charge in [0.15, 0.2) is 11.6 Å². The number of benzene rings is 2. The molecule has 42 heavy (non-hydrogen) atoms. The molecule has 1 aliphatic heterocycles. The van der Waals surface area contributed by atoms with Gasteiger partial charge in [0.2, 0.25) is 10.0 Å². The third-order valence-electron chi connectivity index (χ3n) is 6.44. The highest BCUT2D eigenvalue weighted by molar-refractivity contribution is 7.92. The molecule has 0 unspecified atom stereocenters. The van der Waals surface area contributed by atoms with E-state index in [1.807, 2.05) is 4.90 Å². The second-order valence-electron chi connectivity index (χ2n) is 9.24. The van der Waals surface area contributed by atoms with Crippen LogP contribution in [0.2, 0.25) is 0 Å². The average Bonchev–Trinajstić information content (AvgIpc) is 2.98. The molecule has 0 bridgehead atoms. The number of nitrogens with one attached hydrogen (secondary N) is 1. The van der Waals surface area contributed by atoms with Crippen LogP contribution in [0, 0.1) is 11.6 Å². The number of methoxy groups -OCH3 is 1. The summed E-state index contributed by atoms with van der Waals surface area (Å²) in [4.78, 5) is 19.6. The summed E-state index contributed by atoms with van der Waals surface area (Å²) in [6, 6.07) is 5.06. The summed E-state index contributed by atoms with van der Waals surface area (Å²) < 4.78 is 69.0. The Bertz CT molecular complexity index is 1750. The van der Waals surface area contributed by atoms with Gasteiger partial charge in [0.25, 0.3) is 5.95 Å². The summed E-state index contributed by atoms with van der Waals surface area (Å²) in [5.74, 6) is 3.94. The topological polar surface area (TPSA) is 170 Å². The largest absolute Gasteiger partial charge is 0.494 e. The van der Waals surface area contributed by atoms with Gasteiger partial charge in [0, 0.05) is 30.9 Å². The van der Waals surface area contributed by atoms with Crippen LogP contribution in [0.15, 0.2) is 47.0 Å². The number of sulfonamides is 1. The third kappa shape index (κ3) is 5.89. The minimum atomic E-state index is -3.83. The van der Waals surface area contributed by atoms with E-state index in [1.54, 1.807) is 13.0 Å². The lowest BCUT2D eigenvalue weighted by molar-refractivity contribution is 0.122. The maximum atomic E-state index is 15.8. The van der Waals surface area contributed by atoms with E-state index in [-0.39, 0.29) is 34.5 Å². The van der Waals surface area contributed by atoms with E-state index >= 15 is 8.78 Å². The van der Waals surface area contributed by atoms with Gasteiger partial charge in [-0.05, 0) is 36.2 Å². The van der Waals surface area contributed by atoms with Crippen molar-refractivity contribution in [3.05, 3.63) is 48.3 Å². The fourth-order valence-electron chi connectivity index (χ4n) is 4.55. The number of hydrogen-bond acceptors (Lipinski definition) is 11. The van der Waals surface area contributed by atoms with E-state index in [0.29, 0.717) is 55.0 Å². The van der Waals surface area contributed by atoms with Gasteiger partial charge in [0.1, 0.15) is 22.9 Å². The molecule has 220 valence electrons. The molecule has 0 saturated carbocycles. The summed E-state index contributed by atoms with van der Waals surface area (Å²) in [5, 5.41) is 7.22. The second-order valence-corrected chi connectivity index (χ2v) is 11.1. The van der Waals surface area contributed by atoms with Gasteiger partial charge in [-0.1, -0.05) is 17.3 Å². The molecule has 3 heterocycles. The van der Waals surface area contributed by atoms with E-state index in [1.165, 1.54) is 25.6 Å². The number of ether oxygens (including phenoxy) is 2. The Morgan fingerprint density at radius 1 is 1.12 bits per heavy atom. The highest BCUT2D eigenvalue weighted by Crippen LogP contribution is 2.40. The third-order valence-corrected chi connectivity index (χ3v) is 7.91. The molecule has 0 aliphatic carbocycles. The SMILES string of the molecule is CCCS(=O)(=O)Nc1ccc(F)c(-c2cc(OC)c3nc(-c4cnc(N=NN)nc4)nc(N4CCOCC4)c3c2)c1F. The predicted octanol–water partition coefficient (Wildman–Crippen LogP) is 3.99. The van der Waals surface area contributed by atoms with Gasteiger partial charge in [-0.25, -0.2) is 37.1 Å². The average molecular weight is 600 g/mol. The van der Waals surface area contributed by atoms with E-state index in [0.717, 1.165) is 12.1 Å². The Hall–Kier alpha value is -4.57. The Balaban J connectivity index is 1.71. The normalized spacial score (nSPS) is 14.0. The van der Waals surface area contributed by atoms with Crippen molar-refractivity contribution in [3.8, 4) is 28.3 Å². The maximum absolute atomic E-state index is 15.8. The number of fused-ring (bicyclic) bond motifs is 1. The first-order valence-electron chi connectivity index (χ1n) is 12.9. The van der Waals surface area contributed by atoms with Gasteiger partial charge in [-0.2, -0.15) is 0 Å². The van der Waals surface area contributed by atoms with Crippen molar-refractivity contribution in [2.24, 2.45) is 16.2 Å². The summed E-state index contributed by atoms with van der Waals surface area (Å²) >= 11 is 0. The number of anilines is 2. The molecule has 4 aromatic rings. The summed E-state index contributed by atoms with van der Waals surface area (Å²) in [5.41, 5.74) is 0.159. The standard InChI is InChI=1S/C26H27F2N9O4S/c1-3-10-42(38,39)35-19-5-4-18(27)21(22(19)28)15-11-17-23(20(12-15)40-2)32-24(16-13-30-26(31-14-16)34-36-29)33-25(17)37-6-8-41-9-7-37/h4-5,11-14,35H,3,6-10H2,1-2H3,(H2,29,30,31,34). The van der Waals surface area contributed by atoms with Crippen molar-refractivity contribution in [3.63, 3.8) is 0 Å². The summed E-state index contributed by atoms with van der Waals surface area (Å²) in [6.07, 6.45) is 3.27. The zero-order chi connectivity index (χ0) is 29.9. The summed E-state index contributed by atoms with van der Waals surface area (Å²) in [7, 11) is -2.42. The minimum Gasteiger partial charge on any atom is -0.494 e. The van der Waals surface area contributed by atoms with Crippen LogP contribution in [-0.4, -0.2) is 67.5 Å². The fraction of sp³-hybridized carbons (Fsp3) is 0.308. The Labute approximate surface area is 239 Å². The van der Waals surface area contributed by atoms with Crippen molar-refractivity contribution in [1.82, 2.24) is 19.9 Å². The van der Waals surface area contributed by atoms with E-state index < -0.39 is 27.2 Å². The fourth-order valence-corrected chi connectivity index (χ4v) is 5.69. The Morgan fingerprint density at radius 2 is 1.86 bits per heavy atom. The second kappa shape index (κ2) is 12.1. The van der Waals surface area contributed by atoms with Crippen LogP contribution in [0.1, 0.15) is 13.3 Å². The Kier molecular flexibility index (Phi) is 8.35. The van der Waals surface area contributed by atoms with Crippen molar-refractivity contribution in [1.29, 1.82) is 0 Å². The molecular weight excluding hydrogens is 572 g/mol. The van der Waals surface area contributed by atoms with Crippen molar-refractivity contribution in [2.45, 2.75) is 13.3 Å². The zero-order valence-electron chi connectivity index (χ0n) is 22.7. The number of rotatable bonds is 9. The molecule has 2 aromatic carbocycles. The zero-order valence-corrected chi connectivity index (χ0v) is 23.5. The first kappa shape index (κ1) is 28.9. The quantitative estimate of drug-likeness (QED) is 0.163. The van der Waals surface area contributed by atoms with Crippen molar-refractivity contribution < 1.29 is 26.7 Å². The maximum Gasteiger partial charge on any atom is 0.270 e. The molecule has 0 spiro atoms. The van der Waals surface area contributed by atoms with Crippen LogP contribution in [0.4, 0.5) is 26.2 Å². The molecule has 0 amide bonds. The van der Waals surface area contributed by atoms with Crippen LogP contribution in [-0.2, 0) is 14.8 Å². The van der Waals surface area contributed by atoms with Crippen molar-refractivity contribution >= 4 is 38.4 Å². The van der Waals surface area contributed by atoms with Gasteiger partial charge in [-0.15, -0.1) is 0 Å². The van der Waals surface area contributed by atoms with E-state index in [2.05, 4.69) is 30.0 Å². The van der Waals surface area contributed by atoms with Gasteiger partial charge in [0.05, 0.1) is 42.9 Å². The lowest BCUT2D eigenvalue weighted by Crippen LogP contribution is -2.37. The van der Waals surface area contributed by atoms with Gasteiger partial charge >= 0.3 is 0 Å². The number of hydrogen-bond donors (Lipinski definition) is 2. The van der Waals surface area contributed by atoms with E-state index in [9.17, 15) is 8.42 Å². The van der Waals surface area contributed by atoms with Gasteiger partial charge in [-0.3, -0.25) is 4.72 Å². The molecule has 3 N–H and O–H groups in total. The first-order valence-corrected chi connectivity index (χ1v) is 14.5. The number of morpholine rings is 1. The predicted molar refractivity (Wildman–Crippen MR) is 152 cm³/mol. The molecule has 13 nitrogen and oxygen atoms in total.